The Labute approximate surface area is 577 Å². The van der Waals surface area contributed by atoms with Crippen molar-refractivity contribution < 1.29 is 54.9 Å². The number of H-pyrrole nitrogens is 3. The van der Waals surface area contributed by atoms with Gasteiger partial charge in [0.25, 0.3) is 16.7 Å². The number of benzene rings is 9. The van der Waals surface area contributed by atoms with Gasteiger partial charge in [-0.25, -0.2) is 0 Å². The summed E-state index contributed by atoms with van der Waals surface area (Å²) in [5, 5.41) is 13.8. The molecule has 9 aromatic carbocycles. The molecule has 6 heterocycles. The quantitative estimate of drug-likeness (QED) is 0.0442. The average molecular weight is 1380 g/mol. The van der Waals surface area contributed by atoms with Crippen LogP contribution in [0.3, 0.4) is 0 Å². The summed E-state index contributed by atoms with van der Waals surface area (Å²) in [7, 11) is 0. The Bertz CT molecular complexity index is 4720. The summed E-state index contributed by atoms with van der Waals surface area (Å²) in [6, 6.07) is 62.3. The number of amides is 3. The Kier molecular flexibility index (Phi) is 20.2. The first-order valence-corrected chi connectivity index (χ1v) is 32.5. The lowest BCUT2D eigenvalue weighted by molar-refractivity contribution is -0.118. The summed E-state index contributed by atoms with van der Waals surface area (Å²) < 4.78 is 88.1. The van der Waals surface area contributed by atoms with Crippen molar-refractivity contribution in [2.75, 3.05) is 50.3 Å². The van der Waals surface area contributed by atoms with Crippen molar-refractivity contribution in [3.8, 4) is 50.6 Å². The Balaban J connectivity index is 0.000000137. The van der Waals surface area contributed by atoms with Crippen molar-refractivity contribution in [1.82, 2.24) is 15.0 Å². The van der Waals surface area contributed by atoms with Gasteiger partial charge in [0.1, 0.15) is 35.4 Å². The molecule has 516 valence electrons. The molecule has 3 saturated heterocycles. The van der Waals surface area contributed by atoms with Crippen LogP contribution in [0, 0.1) is 0 Å². The van der Waals surface area contributed by atoms with Gasteiger partial charge >= 0.3 is 19.8 Å². The average Bonchev–Trinajstić information content (AvgIpc) is 1.11. The van der Waals surface area contributed by atoms with Crippen LogP contribution in [0.4, 0.5) is 60.5 Å². The molecular formula is C78H63F6N9O9. The minimum atomic E-state index is -2.91. The predicted octanol–water partition coefficient (Wildman–Crippen LogP) is 15.0. The van der Waals surface area contributed by atoms with Crippen LogP contribution in [0.5, 0.6) is 17.2 Å². The SMILES string of the molecule is O=C1C(Nc2cccc(OC(F)F)c2)CCN1c1ccc(-c2c[nH]c(=O)c3ccccc23)cc1.O=C1C(Nc2cccc(OC(F)F)c2)CCN1c1ccc(-c2c[nH]c(=O)c3ccccc23)cc1.O=C1C(Nc2cccc(OC(F)F)c2)CCN1c1ccc(-c2c[nH]c(=O)c3ccccc23)cc1. The summed E-state index contributed by atoms with van der Waals surface area (Å²) in [6.45, 7) is -7.12. The fraction of sp³-hybridized carbons (Fsp3) is 0.154. The minimum absolute atomic E-state index is 0.0349. The molecule has 6 N–H and O–H groups in total. The number of aromatic amines is 3. The van der Waals surface area contributed by atoms with Crippen LogP contribution in [-0.4, -0.2) is 90.3 Å². The van der Waals surface area contributed by atoms with Gasteiger partial charge in [0, 0.05) is 123 Å². The Hall–Kier alpha value is -12.6. The number of carbonyl (C=O) groups excluding carboxylic acids is 3. The molecule has 0 saturated carbocycles. The Morgan fingerprint density at radius 2 is 0.578 bits per heavy atom. The highest BCUT2D eigenvalue weighted by molar-refractivity contribution is 6.04. The highest BCUT2D eigenvalue weighted by atomic mass is 19.3. The predicted molar refractivity (Wildman–Crippen MR) is 382 cm³/mol. The number of hydrogen-bond acceptors (Lipinski definition) is 12. The van der Waals surface area contributed by atoms with E-state index in [9.17, 15) is 55.1 Å². The second-order valence-corrected chi connectivity index (χ2v) is 24.0. The van der Waals surface area contributed by atoms with Gasteiger partial charge in [0.15, 0.2) is 0 Å². The van der Waals surface area contributed by atoms with E-state index in [1.54, 1.807) is 87.9 Å². The number of fused-ring (bicyclic) bond motifs is 3. The number of aromatic nitrogens is 3. The summed E-state index contributed by atoms with van der Waals surface area (Å²) in [5.41, 5.74) is 8.99. The number of pyridine rings is 3. The number of alkyl halides is 6. The van der Waals surface area contributed by atoms with Gasteiger partial charge < -0.3 is 59.8 Å². The van der Waals surface area contributed by atoms with Gasteiger partial charge in [0.05, 0.1) is 0 Å². The molecule has 102 heavy (non-hydrogen) atoms. The maximum Gasteiger partial charge on any atom is 0.387 e. The van der Waals surface area contributed by atoms with Crippen molar-refractivity contribution in [3.63, 3.8) is 0 Å². The van der Waals surface area contributed by atoms with Crippen LogP contribution in [0.2, 0.25) is 0 Å². The van der Waals surface area contributed by atoms with Crippen LogP contribution >= 0.6 is 0 Å². The topological polar surface area (TPSA) is 223 Å². The van der Waals surface area contributed by atoms with E-state index in [2.05, 4.69) is 45.1 Å². The lowest BCUT2D eigenvalue weighted by Gasteiger charge is -2.18. The standard InChI is InChI=1S/3C26H21F2N3O3/c3*27-26(28)34-19-5-3-4-17(14-19)30-23-12-13-31(25(23)33)18-10-8-16(9-11-18)22-15-29-24(32)21-7-2-1-6-20(21)22/h3*1-11,14-15,23,26,30H,12-13H2,(H,29,32). The second kappa shape index (κ2) is 30.3. The van der Waals surface area contributed by atoms with Crippen LogP contribution in [0.1, 0.15) is 19.3 Å². The molecule has 0 aliphatic carbocycles. The van der Waals surface area contributed by atoms with E-state index in [-0.39, 0.29) is 51.6 Å². The molecule has 3 aliphatic heterocycles. The largest absolute Gasteiger partial charge is 0.435 e. The van der Waals surface area contributed by atoms with Crippen molar-refractivity contribution in [2.45, 2.75) is 57.2 Å². The maximum atomic E-state index is 13.0. The van der Waals surface area contributed by atoms with Crippen LogP contribution in [0.25, 0.3) is 65.7 Å². The maximum absolute atomic E-state index is 13.0. The fourth-order valence-electron chi connectivity index (χ4n) is 12.9. The molecule has 3 aromatic heterocycles. The first-order chi connectivity index (χ1) is 49.5. The van der Waals surface area contributed by atoms with Crippen molar-refractivity contribution in [2.24, 2.45) is 0 Å². The smallest absolute Gasteiger partial charge is 0.387 e. The summed E-state index contributed by atoms with van der Waals surface area (Å²) in [5.74, 6) is -0.180. The highest BCUT2D eigenvalue weighted by Gasteiger charge is 2.35. The molecule has 12 aromatic rings. The number of ether oxygens (including phenoxy) is 3. The van der Waals surface area contributed by atoms with E-state index in [0.717, 1.165) is 66.6 Å². The van der Waals surface area contributed by atoms with Gasteiger partial charge in [-0.05, 0) is 143 Å². The zero-order chi connectivity index (χ0) is 71.0. The number of nitrogens with one attached hydrogen (secondary N) is 6. The van der Waals surface area contributed by atoms with Gasteiger partial charge in [-0.1, -0.05) is 109 Å². The molecule has 3 unspecified atom stereocenters. The lowest BCUT2D eigenvalue weighted by atomic mass is 10.0. The highest BCUT2D eigenvalue weighted by Crippen LogP contribution is 2.35. The number of rotatable bonds is 18. The molecule has 0 radical (unpaired) electrons. The molecule has 0 spiro atoms. The molecule has 18 nitrogen and oxygen atoms in total. The zero-order valence-corrected chi connectivity index (χ0v) is 54.0. The molecule has 3 atom stereocenters. The van der Waals surface area contributed by atoms with E-state index in [4.69, 9.17) is 0 Å². The number of anilines is 6. The van der Waals surface area contributed by atoms with Gasteiger partial charge in [0.2, 0.25) is 17.7 Å². The first-order valence-electron chi connectivity index (χ1n) is 32.5. The van der Waals surface area contributed by atoms with Gasteiger partial charge in [-0.3, -0.25) is 28.8 Å². The van der Waals surface area contributed by atoms with Crippen molar-refractivity contribution >= 4 is 84.2 Å². The minimum Gasteiger partial charge on any atom is -0.435 e. The number of carbonyl (C=O) groups is 3. The van der Waals surface area contributed by atoms with Crippen molar-refractivity contribution in [1.29, 1.82) is 0 Å². The third-order valence-corrected chi connectivity index (χ3v) is 17.7. The Morgan fingerprint density at radius 3 is 0.833 bits per heavy atom. The van der Waals surface area contributed by atoms with E-state index >= 15 is 0 Å². The van der Waals surface area contributed by atoms with Gasteiger partial charge in [-0.15, -0.1) is 0 Å². The third kappa shape index (κ3) is 15.3. The summed E-state index contributed by atoms with van der Waals surface area (Å²) in [6.07, 6.45) is 6.83. The normalized spacial score (nSPS) is 15.8. The first kappa shape index (κ1) is 67.9. The zero-order valence-electron chi connectivity index (χ0n) is 54.0. The van der Waals surface area contributed by atoms with Gasteiger partial charge in [-0.2, -0.15) is 26.3 Å². The molecular weight excluding hydrogens is 1320 g/mol. The summed E-state index contributed by atoms with van der Waals surface area (Å²) in [4.78, 5) is 88.8. The fourth-order valence-corrected chi connectivity index (χ4v) is 12.9. The molecule has 3 aliphatic rings. The van der Waals surface area contributed by atoms with Crippen LogP contribution in [0.15, 0.2) is 251 Å². The molecule has 15 rings (SSSR count). The van der Waals surface area contributed by atoms with E-state index in [1.807, 2.05) is 127 Å². The third-order valence-electron chi connectivity index (χ3n) is 17.7. The number of hydrogen-bond donors (Lipinski definition) is 6. The molecule has 3 fully saturated rings. The van der Waals surface area contributed by atoms with E-state index in [0.29, 0.717) is 72.1 Å². The lowest BCUT2D eigenvalue weighted by Crippen LogP contribution is -2.33. The van der Waals surface area contributed by atoms with Crippen LogP contribution in [-0.2, 0) is 14.4 Å². The van der Waals surface area contributed by atoms with E-state index in [1.165, 1.54) is 36.4 Å². The van der Waals surface area contributed by atoms with Crippen LogP contribution < -0.4 is 61.5 Å². The van der Waals surface area contributed by atoms with Crippen molar-refractivity contribution in [3.05, 3.63) is 268 Å². The molecule has 0 bridgehead atoms. The number of halogens is 6. The molecule has 3 amide bonds. The van der Waals surface area contributed by atoms with E-state index < -0.39 is 38.0 Å². The molecule has 24 heteroatoms. The summed E-state index contributed by atoms with van der Waals surface area (Å²) >= 11 is 0. The Morgan fingerprint density at radius 1 is 0.324 bits per heavy atom. The second-order valence-electron chi connectivity index (χ2n) is 24.0. The monoisotopic (exact) mass is 1380 g/mol. The number of nitrogens with zero attached hydrogens (tertiary/aromatic N) is 3.